The quantitative estimate of drug-likeness (QED) is 0.520. The highest BCUT2D eigenvalue weighted by atomic mass is 32.2. The minimum atomic E-state index is -4.30. The van der Waals surface area contributed by atoms with Crippen LogP contribution >= 0.6 is 0 Å². The third kappa shape index (κ3) is 3.49. The fourth-order valence-corrected chi connectivity index (χ4v) is 4.48. The molecule has 27 heavy (non-hydrogen) atoms. The molecule has 0 aliphatic rings. The Morgan fingerprint density at radius 3 is 2.33 bits per heavy atom. The average Bonchev–Trinajstić information content (AvgIpc) is 2.68. The third-order valence-electron chi connectivity index (χ3n) is 4.21. The number of para-hydroxylation sites is 1. The fourth-order valence-electron chi connectivity index (χ4n) is 2.82. The van der Waals surface area contributed by atoms with E-state index in [1.54, 1.807) is 18.2 Å². The Morgan fingerprint density at radius 2 is 1.67 bits per heavy atom. The first kappa shape index (κ1) is 18.8. The molecular weight excluding hydrogens is 371 g/mol. The van der Waals surface area contributed by atoms with Crippen molar-refractivity contribution in [3.8, 4) is 0 Å². The van der Waals surface area contributed by atoms with Gasteiger partial charge in [-0.05, 0) is 42.0 Å². The summed E-state index contributed by atoms with van der Waals surface area (Å²) < 4.78 is 41.6. The largest absolute Gasteiger partial charge is 0.289 e. The van der Waals surface area contributed by atoms with Crippen molar-refractivity contribution in [2.45, 2.75) is 17.9 Å². The summed E-state index contributed by atoms with van der Waals surface area (Å²) in [5.41, 5.74) is 1.13. The van der Waals surface area contributed by atoms with Crippen molar-refractivity contribution < 1.29 is 22.8 Å². The zero-order valence-corrected chi connectivity index (χ0v) is 15.2. The van der Waals surface area contributed by atoms with E-state index in [0.29, 0.717) is 9.69 Å². The molecule has 1 amide bonds. The lowest BCUT2D eigenvalue weighted by Crippen LogP contribution is -2.47. The zero-order chi connectivity index (χ0) is 19.6. The summed E-state index contributed by atoms with van der Waals surface area (Å²) in [5, 5.41) is 10.5. The molecule has 0 bridgehead atoms. The Balaban J connectivity index is 2.19. The molecule has 0 radical (unpaired) electrons. The number of hydrogen-bond acceptors (Lipinski definition) is 4. The number of amides is 1. The molecule has 0 heterocycles. The molecule has 1 atom stereocenters. The lowest BCUT2D eigenvalue weighted by molar-refractivity contribution is -0.129. The summed E-state index contributed by atoms with van der Waals surface area (Å²) in [5.74, 6) is -1.79. The van der Waals surface area contributed by atoms with E-state index in [9.17, 15) is 17.6 Å². The van der Waals surface area contributed by atoms with Gasteiger partial charge in [0.1, 0.15) is 11.9 Å². The van der Waals surface area contributed by atoms with Gasteiger partial charge in [0.2, 0.25) is 0 Å². The van der Waals surface area contributed by atoms with Crippen LogP contribution in [0.5, 0.6) is 0 Å². The maximum Gasteiger partial charge on any atom is 0.266 e. The van der Waals surface area contributed by atoms with Crippen molar-refractivity contribution in [1.29, 1.82) is 0 Å². The molecule has 0 aliphatic carbocycles. The van der Waals surface area contributed by atoms with Gasteiger partial charge >= 0.3 is 0 Å². The van der Waals surface area contributed by atoms with E-state index in [1.807, 2.05) is 12.1 Å². The average molecular weight is 388 g/mol. The van der Waals surface area contributed by atoms with Crippen LogP contribution in [0.3, 0.4) is 0 Å². The van der Waals surface area contributed by atoms with Gasteiger partial charge in [-0.25, -0.2) is 18.3 Å². The first-order valence-electron chi connectivity index (χ1n) is 8.08. The van der Waals surface area contributed by atoms with Crippen LogP contribution in [0.2, 0.25) is 0 Å². The van der Waals surface area contributed by atoms with Crippen molar-refractivity contribution in [2.75, 3.05) is 4.31 Å². The number of hydroxylamine groups is 1. The number of carbonyl (C=O) groups excluding carboxylic acids is 1. The molecule has 3 aromatic carbocycles. The maximum absolute atomic E-state index is 14.4. The zero-order valence-electron chi connectivity index (χ0n) is 14.3. The number of sulfonamides is 1. The number of nitrogens with zero attached hydrogens (tertiary/aromatic N) is 1. The third-order valence-corrected chi connectivity index (χ3v) is 6.09. The number of anilines is 1. The van der Waals surface area contributed by atoms with Gasteiger partial charge in [-0.15, -0.1) is 0 Å². The molecule has 0 unspecified atom stereocenters. The number of nitrogens with one attached hydrogen (secondary N) is 1. The van der Waals surface area contributed by atoms with Gasteiger partial charge in [-0.2, -0.15) is 0 Å². The number of rotatable bonds is 5. The smallest absolute Gasteiger partial charge is 0.266 e. The van der Waals surface area contributed by atoms with Crippen LogP contribution < -0.4 is 9.79 Å². The summed E-state index contributed by atoms with van der Waals surface area (Å²) in [4.78, 5) is 11.8. The molecule has 8 heteroatoms. The highest BCUT2D eigenvalue weighted by Gasteiger charge is 2.35. The topological polar surface area (TPSA) is 86.7 Å². The summed E-state index contributed by atoms with van der Waals surface area (Å²) in [6.07, 6.45) is 0. The van der Waals surface area contributed by atoms with E-state index in [0.717, 1.165) is 11.5 Å². The molecule has 6 nitrogen and oxygen atoms in total. The van der Waals surface area contributed by atoms with E-state index in [1.165, 1.54) is 42.7 Å². The van der Waals surface area contributed by atoms with E-state index in [-0.39, 0.29) is 10.6 Å². The molecule has 0 aromatic heterocycles. The molecular formula is C19H17FN2O4S. The van der Waals surface area contributed by atoms with Crippen LogP contribution in [0.1, 0.15) is 6.92 Å². The lowest BCUT2D eigenvalue weighted by Gasteiger charge is -2.29. The van der Waals surface area contributed by atoms with Crippen molar-refractivity contribution >= 4 is 32.4 Å². The predicted octanol–water partition coefficient (Wildman–Crippen LogP) is 3.07. The van der Waals surface area contributed by atoms with Crippen molar-refractivity contribution in [1.82, 2.24) is 5.48 Å². The van der Waals surface area contributed by atoms with E-state index in [2.05, 4.69) is 0 Å². The first-order valence-corrected chi connectivity index (χ1v) is 9.52. The number of benzene rings is 3. The molecule has 0 spiro atoms. The second kappa shape index (κ2) is 7.34. The van der Waals surface area contributed by atoms with Gasteiger partial charge in [0.25, 0.3) is 15.9 Å². The molecule has 2 N–H and O–H groups in total. The maximum atomic E-state index is 14.4. The highest BCUT2D eigenvalue weighted by Crippen LogP contribution is 2.30. The van der Waals surface area contributed by atoms with Crippen LogP contribution in [0, 0.1) is 5.82 Å². The number of fused-ring (bicyclic) bond motifs is 1. The van der Waals surface area contributed by atoms with Gasteiger partial charge in [0, 0.05) is 0 Å². The van der Waals surface area contributed by atoms with Crippen molar-refractivity contribution in [2.24, 2.45) is 0 Å². The molecule has 0 aliphatic heterocycles. The van der Waals surface area contributed by atoms with Gasteiger partial charge in [0.15, 0.2) is 0 Å². The van der Waals surface area contributed by atoms with Crippen LogP contribution in [0.25, 0.3) is 10.8 Å². The normalized spacial score (nSPS) is 12.6. The number of halogens is 1. The van der Waals surface area contributed by atoms with E-state index < -0.39 is 27.8 Å². The van der Waals surface area contributed by atoms with E-state index >= 15 is 0 Å². The van der Waals surface area contributed by atoms with Gasteiger partial charge in [0.05, 0.1) is 10.6 Å². The van der Waals surface area contributed by atoms with Gasteiger partial charge < -0.3 is 0 Å². The molecule has 3 aromatic rings. The van der Waals surface area contributed by atoms with Crippen LogP contribution in [0.15, 0.2) is 71.6 Å². The Hall–Kier alpha value is -2.97. The van der Waals surface area contributed by atoms with Gasteiger partial charge in [-0.1, -0.05) is 42.5 Å². The summed E-state index contributed by atoms with van der Waals surface area (Å²) in [6, 6.07) is 15.5. The van der Waals surface area contributed by atoms with E-state index in [4.69, 9.17) is 5.21 Å². The Bertz CT molecular complexity index is 1100. The van der Waals surface area contributed by atoms with Crippen LogP contribution in [-0.2, 0) is 14.8 Å². The molecule has 140 valence electrons. The molecule has 0 fully saturated rings. The number of hydrogen-bond donors (Lipinski definition) is 2. The molecule has 0 saturated heterocycles. The Morgan fingerprint density at radius 1 is 1.04 bits per heavy atom. The molecule has 3 rings (SSSR count). The predicted molar refractivity (Wildman–Crippen MR) is 99.4 cm³/mol. The van der Waals surface area contributed by atoms with Crippen molar-refractivity contribution in [3.05, 3.63) is 72.5 Å². The first-order chi connectivity index (χ1) is 12.9. The standard InChI is InChI=1S/C19H17FN2O4S/c1-13(19(23)21-24)22(18-9-5-4-8-17(18)20)27(25,26)16-11-10-14-6-2-3-7-15(14)12-16/h2-13,24H,1H3,(H,21,23)/t13-/m0/s1. The summed E-state index contributed by atoms with van der Waals surface area (Å²) in [6.45, 7) is 1.26. The minimum Gasteiger partial charge on any atom is -0.289 e. The summed E-state index contributed by atoms with van der Waals surface area (Å²) in [7, 11) is -4.30. The summed E-state index contributed by atoms with van der Waals surface area (Å²) >= 11 is 0. The second-order valence-electron chi connectivity index (χ2n) is 5.91. The SMILES string of the molecule is C[C@@H](C(=O)NO)N(c1ccccc1F)S(=O)(=O)c1ccc2ccccc2c1. The molecule has 0 saturated carbocycles. The monoisotopic (exact) mass is 388 g/mol. The van der Waals surface area contributed by atoms with Crippen molar-refractivity contribution in [3.63, 3.8) is 0 Å². The highest BCUT2D eigenvalue weighted by molar-refractivity contribution is 7.93. The lowest BCUT2D eigenvalue weighted by atomic mass is 10.1. The Labute approximate surface area is 155 Å². The second-order valence-corrected chi connectivity index (χ2v) is 7.73. The van der Waals surface area contributed by atoms with Crippen LogP contribution in [-0.4, -0.2) is 25.6 Å². The van der Waals surface area contributed by atoms with Crippen LogP contribution in [0.4, 0.5) is 10.1 Å². The Kier molecular flexibility index (Phi) is 5.11. The minimum absolute atomic E-state index is 0.0953. The van der Waals surface area contributed by atoms with Gasteiger partial charge in [-0.3, -0.25) is 14.3 Å². The number of carbonyl (C=O) groups is 1. The fraction of sp³-hybridized carbons (Fsp3) is 0.105.